The molecule has 0 aliphatic heterocycles. The minimum absolute atomic E-state index is 0.123. The van der Waals surface area contributed by atoms with Crippen LogP contribution in [-0.4, -0.2) is 26.2 Å². The Morgan fingerprint density at radius 1 is 1.32 bits per heavy atom. The van der Waals surface area contributed by atoms with Gasteiger partial charge in [0.1, 0.15) is 11.5 Å². The topological polar surface area (TPSA) is 47.6 Å². The molecule has 1 aromatic carbocycles. The number of carbonyl (C=O) groups excluding carboxylic acids is 1. The zero-order chi connectivity index (χ0) is 14.3. The lowest BCUT2D eigenvalue weighted by atomic mass is 10.1. The van der Waals surface area contributed by atoms with Gasteiger partial charge in [-0.2, -0.15) is 0 Å². The summed E-state index contributed by atoms with van der Waals surface area (Å²) in [5, 5.41) is 2.87. The number of hydrogen-bond acceptors (Lipinski definition) is 3. The lowest BCUT2D eigenvalue weighted by Crippen LogP contribution is -2.30. The zero-order valence-corrected chi connectivity index (χ0v) is 11.9. The number of rotatable bonds is 6. The molecule has 0 fully saturated rings. The van der Waals surface area contributed by atoms with E-state index in [2.05, 4.69) is 5.32 Å². The minimum atomic E-state index is -0.123. The van der Waals surface area contributed by atoms with Crippen LogP contribution in [0, 0.1) is 0 Å². The lowest BCUT2D eigenvalue weighted by Gasteiger charge is -2.10. The molecular formula is C15H21NO3. The number of hydrogen-bond donors (Lipinski definition) is 1. The van der Waals surface area contributed by atoms with Crippen LogP contribution < -0.4 is 14.8 Å². The Morgan fingerprint density at radius 2 is 1.89 bits per heavy atom. The van der Waals surface area contributed by atoms with Crippen molar-refractivity contribution in [3.05, 3.63) is 29.8 Å². The Balaban J connectivity index is 2.88. The second-order valence-electron chi connectivity index (χ2n) is 4.23. The third-order valence-corrected chi connectivity index (χ3v) is 2.87. The third kappa shape index (κ3) is 4.32. The van der Waals surface area contributed by atoms with Crippen molar-refractivity contribution in [3.63, 3.8) is 0 Å². The van der Waals surface area contributed by atoms with Crippen molar-refractivity contribution in [2.24, 2.45) is 0 Å². The molecule has 0 saturated heterocycles. The van der Waals surface area contributed by atoms with E-state index in [4.69, 9.17) is 9.47 Å². The fourth-order valence-electron chi connectivity index (χ4n) is 1.60. The molecule has 0 heterocycles. The van der Waals surface area contributed by atoms with Crippen LogP contribution in [0.25, 0.3) is 6.08 Å². The lowest BCUT2D eigenvalue weighted by molar-refractivity contribution is -0.117. The van der Waals surface area contributed by atoms with E-state index in [0.717, 1.165) is 12.0 Å². The maximum absolute atomic E-state index is 11.7. The Bertz CT molecular complexity index is 432. The molecule has 0 bridgehead atoms. The molecule has 0 spiro atoms. The second-order valence-corrected chi connectivity index (χ2v) is 4.23. The number of methoxy groups -OCH3 is 2. The van der Waals surface area contributed by atoms with Crippen molar-refractivity contribution in [3.8, 4) is 11.5 Å². The molecule has 104 valence electrons. The smallest absolute Gasteiger partial charge is 0.244 e. The van der Waals surface area contributed by atoms with Gasteiger partial charge in [-0.05, 0) is 31.6 Å². The molecule has 1 N–H and O–H groups in total. The molecule has 0 saturated carbocycles. The van der Waals surface area contributed by atoms with Crippen molar-refractivity contribution < 1.29 is 14.3 Å². The maximum atomic E-state index is 11.7. The van der Waals surface area contributed by atoms with Gasteiger partial charge in [-0.15, -0.1) is 0 Å². The summed E-state index contributed by atoms with van der Waals surface area (Å²) in [5.74, 6) is 1.22. The molecule has 0 aromatic heterocycles. The molecule has 0 radical (unpaired) electrons. The van der Waals surface area contributed by atoms with Gasteiger partial charge in [-0.3, -0.25) is 4.79 Å². The Morgan fingerprint density at radius 3 is 2.37 bits per heavy atom. The highest BCUT2D eigenvalue weighted by molar-refractivity contribution is 5.92. The molecule has 4 nitrogen and oxygen atoms in total. The van der Waals surface area contributed by atoms with Crippen molar-refractivity contribution in [2.45, 2.75) is 26.3 Å². The van der Waals surface area contributed by atoms with E-state index in [-0.39, 0.29) is 11.9 Å². The van der Waals surface area contributed by atoms with E-state index in [1.807, 2.05) is 32.0 Å². The van der Waals surface area contributed by atoms with Gasteiger partial charge in [0.25, 0.3) is 0 Å². The molecule has 1 unspecified atom stereocenters. The molecule has 0 aliphatic rings. The molecule has 1 amide bonds. The number of amides is 1. The van der Waals surface area contributed by atoms with Crippen LogP contribution in [0.4, 0.5) is 0 Å². The van der Waals surface area contributed by atoms with Gasteiger partial charge in [0.05, 0.1) is 19.8 Å². The van der Waals surface area contributed by atoms with Gasteiger partial charge in [0.15, 0.2) is 0 Å². The quantitative estimate of drug-likeness (QED) is 0.803. The van der Waals surface area contributed by atoms with E-state index in [0.29, 0.717) is 11.5 Å². The van der Waals surface area contributed by atoms with E-state index in [1.165, 1.54) is 6.08 Å². The average molecular weight is 263 g/mol. The summed E-state index contributed by atoms with van der Waals surface area (Å²) in [6.07, 6.45) is 4.10. The molecule has 4 heteroatoms. The first-order chi connectivity index (χ1) is 9.12. The van der Waals surface area contributed by atoms with Crippen LogP contribution in [-0.2, 0) is 4.79 Å². The van der Waals surface area contributed by atoms with Crippen LogP contribution in [0.3, 0.4) is 0 Å². The fraction of sp³-hybridized carbons (Fsp3) is 0.400. The molecule has 19 heavy (non-hydrogen) atoms. The summed E-state index contributed by atoms with van der Waals surface area (Å²) < 4.78 is 10.5. The summed E-state index contributed by atoms with van der Waals surface area (Å²) in [5.41, 5.74) is 0.756. The molecular weight excluding hydrogens is 242 g/mol. The van der Waals surface area contributed by atoms with E-state index < -0.39 is 0 Å². The Hall–Kier alpha value is -1.97. The average Bonchev–Trinajstić information content (AvgIpc) is 2.44. The van der Waals surface area contributed by atoms with Crippen LogP contribution >= 0.6 is 0 Å². The van der Waals surface area contributed by atoms with E-state index in [1.54, 1.807) is 20.3 Å². The highest BCUT2D eigenvalue weighted by Crippen LogP contribution is 2.29. The van der Waals surface area contributed by atoms with Crippen LogP contribution in [0.5, 0.6) is 11.5 Å². The Kier molecular flexibility index (Phi) is 5.93. The summed E-state index contributed by atoms with van der Waals surface area (Å²) in [6, 6.07) is 5.66. The second kappa shape index (κ2) is 7.46. The largest absolute Gasteiger partial charge is 0.496 e. The van der Waals surface area contributed by atoms with Gasteiger partial charge in [0, 0.05) is 12.1 Å². The van der Waals surface area contributed by atoms with Gasteiger partial charge in [-0.25, -0.2) is 0 Å². The number of benzene rings is 1. The fourth-order valence-corrected chi connectivity index (χ4v) is 1.60. The van der Waals surface area contributed by atoms with Gasteiger partial charge >= 0.3 is 0 Å². The standard InChI is InChI=1S/C15H21NO3/c1-5-11(2)16-15(17)10-9-12-13(18-3)7-6-8-14(12)19-4/h6-11H,5H2,1-4H3,(H,16,17). The number of carbonyl (C=O) groups is 1. The van der Waals surface area contributed by atoms with Gasteiger partial charge < -0.3 is 14.8 Å². The van der Waals surface area contributed by atoms with Crippen molar-refractivity contribution in [1.29, 1.82) is 0 Å². The van der Waals surface area contributed by atoms with E-state index >= 15 is 0 Å². The number of nitrogens with one attached hydrogen (secondary N) is 1. The zero-order valence-electron chi connectivity index (χ0n) is 11.9. The highest BCUT2D eigenvalue weighted by Gasteiger charge is 2.07. The molecule has 1 rings (SSSR count). The summed E-state index contributed by atoms with van der Waals surface area (Å²) >= 11 is 0. The molecule has 0 aliphatic carbocycles. The van der Waals surface area contributed by atoms with Crippen molar-refractivity contribution in [2.75, 3.05) is 14.2 Å². The van der Waals surface area contributed by atoms with Crippen molar-refractivity contribution >= 4 is 12.0 Å². The molecule has 1 atom stereocenters. The SMILES string of the molecule is CCC(C)NC(=O)C=Cc1c(OC)cccc1OC. The van der Waals surface area contributed by atoms with E-state index in [9.17, 15) is 4.79 Å². The van der Waals surface area contributed by atoms with Crippen molar-refractivity contribution in [1.82, 2.24) is 5.32 Å². The van der Waals surface area contributed by atoms with Gasteiger partial charge in [0.2, 0.25) is 5.91 Å². The predicted octanol–water partition coefficient (Wildman–Crippen LogP) is 2.63. The number of ether oxygens (including phenoxy) is 2. The first kappa shape index (κ1) is 15.1. The third-order valence-electron chi connectivity index (χ3n) is 2.87. The van der Waals surface area contributed by atoms with Crippen LogP contribution in [0.1, 0.15) is 25.8 Å². The summed E-state index contributed by atoms with van der Waals surface area (Å²) in [4.78, 5) is 11.7. The molecule has 1 aromatic rings. The summed E-state index contributed by atoms with van der Waals surface area (Å²) in [6.45, 7) is 3.99. The predicted molar refractivity (Wildman–Crippen MR) is 76.5 cm³/mol. The van der Waals surface area contributed by atoms with Gasteiger partial charge in [-0.1, -0.05) is 13.0 Å². The van der Waals surface area contributed by atoms with Crippen LogP contribution in [0.15, 0.2) is 24.3 Å². The Labute approximate surface area is 114 Å². The maximum Gasteiger partial charge on any atom is 0.244 e. The summed E-state index contributed by atoms with van der Waals surface area (Å²) in [7, 11) is 3.18. The highest BCUT2D eigenvalue weighted by atomic mass is 16.5. The first-order valence-electron chi connectivity index (χ1n) is 6.31. The minimum Gasteiger partial charge on any atom is -0.496 e. The first-order valence-corrected chi connectivity index (χ1v) is 6.31. The normalized spacial score (nSPS) is 12.2. The monoisotopic (exact) mass is 263 g/mol. The van der Waals surface area contributed by atoms with Crippen LogP contribution in [0.2, 0.25) is 0 Å².